The summed E-state index contributed by atoms with van der Waals surface area (Å²) < 4.78 is 5.63. The summed E-state index contributed by atoms with van der Waals surface area (Å²) in [5.74, 6) is 0.988. The molecule has 1 aromatic rings. The number of carbonyl (C=O) groups is 1. The normalized spacial score (nSPS) is 20.8. The van der Waals surface area contributed by atoms with Crippen molar-refractivity contribution in [3.8, 4) is 0 Å². The zero-order valence-corrected chi connectivity index (χ0v) is 14.1. The Hall–Kier alpha value is -1.98. The molecule has 0 unspecified atom stereocenters. The first-order chi connectivity index (χ1) is 11.0. The van der Waals surface area contributed by atoms with Crippen LogP contribution in [0.2, 0.25) is 0 Å². The zero-order chi connectivity index (χ0) is 16.4. The summed E-state index contributed by atoms with van der Waals surface area (Å²) in [6.07, 6.45) is 2.96. The third-order valence-electron chi connectivity index (χ3n) is 4.11. The molecular weight excluding hydrogens is 292 g/mol. The second-order valence-corrected chi connectivity index (χ2v) is 6.79. The highest BCUT2D eigenvalue weighted by Crippen LogP contribution is 2.19. The van der Waals surface area contributed by atoms with Gasteiger partial charge in [0, 0.05) is 13.1 Å². The molecule has 0 bridgehead atoms. The molecule has 2 aliphatic rings. The van der Waals surface area contributed by atoms with E-state index in [1.165, 1.54) is 0 Å². The summed E-state index contributed by atoms with van der Waals surface area (Å²) in [6.45, 7) is 8.50. The maximum Gasteiger partial charge on any atom is 0.274 e. The number of amides is 1. The van der Waals surface area contributed by atoms with Gasteiger partial charge in [0.1, 0.15) is 6.61 Å². The monoisotopic (exact) mass is 316 g/mol. The molecule has 6 nitrogen and oxygen atoms in total. The minimum absolute atomic E-state index is 0.0193. The lowest BCUT2D eigenvalue weighted by Crippen LogP contribution is -2.29. The second-order valence-electron chi connectivity index (χ2n) is 6.79. The van der Waals surface area contributed by atoms with Gasteiger partial charge >= 0.3 is 0 Å². The molecule has 2 aliphatic heterocycles. The Morgan fingerprint density at radius 3 is 2.70 bits per heavy atom. The Balaban J connectivity index is 1.91. The van der Waals surface area contributed by atoms with Gasteiger partial charge in [0.15, 0.2) is 11.4 Å². The third-order valence-corrected chi connectivity index (χ3v) is 4.11. The van der Waals surface area contributed by atoms with Gasteiger partial charge in [-0.3, -0.25) is 4.79 Å². The van der Waals surface area contributed by atoms with Crippen molar-refractivity contribution in [2.45, 2.75) is 46.1 Å². The average molecular weight is 316 g/mol. The van der Waals surface area contributed by atoms with Crippen LogP contribution >= 0.6 is 0 Å². The fourth-order valence-electron chi connectivity index (χ4n) is 3.00. The lowest BCUT2D eigenvalue weighted by atomic mass is 10.0. The number of rotatable bonds is 4. The number of hydrogen-bond acceptors (Lipinski definition) is 5. The van der Waals surface area contributed by atoms with Crippen LogP contribution in [-0.4, -0.2) is 52.6 Å². The molecule has 1 fully saturated rings. The van der Waals surface area contributed by atoms with Crippen LogP contribution in [0, 0.1) is 5.92 Å². The van der Waals surface area contributed by atoms with Crippen molar-refractivity contribution in [1.82, 2.24) is 15.1 Å². The van der Waals surface area contributed by atoms with Crippen molar-refractivity contribution in [2.24, 2.45) is 10.9 Å². The van der Waals surface area contributed by atoms with E-state index >= 15 is 0 Å². The van der Waals surface area contributed by atoms with Crippen LogP contribution in [0.5, 0.6) is 0 Å². The summed E-state index contributed by atoms with van der Waals surface area (Å²) in [5, 5.41) is 8.45. The highest BCUT2D eigenvalue weighted by molar-refractivity contribution is 5.96. The molecule has 0 N–H and O–H groups in total. The SMILES string of the molecule is CC(C)Cc1cc(C(=O)N2CCCC2)nnc1C1=N[C@@H](C)CO1. The molecule has 0 aromatic carbocycles. The largest absolute Gasteiger partial charge is 0.474 e. The predicted octanol–water partition coefficient (Wildman–Crippen LogP) is 2.08. The maximum atomic E-state index is 12.5. The van der Waals surface area contributed by atoms with Gasteiger partial charge in [-0.25, -0.2) is 4.99 Å². The van der Waals surface area contributed by atoms with E-state index in [4.69, 9.17) is 4.74 Å². The molecule has 3 heterocycles. The molecule has 3 rings (SSSR count). The first-order valence-corrected chi connectivity index (χ1v) is 8.41. The van der Waals surface area contributed by atoms with E-state index in [9.17, 15) is 4.79 Å². The molecule has 124 valence electrons. The van der Waals surface area contributed by atoms with Crippen LogP contribution in [0.1, 0.15) is 55.4 Å². The molecule has 1 amide bonds. The van der Waals surface area contributed by atoms with Gasteiger partial charge in [0.25, 0.3) is 5.91 Å². The van der Waals surface area contributed by atoms with E-state index in [0.717, 1.165) is 37.9 Å². The standard InChI is InChI=1S/C17H24N4O2/c1-11(2)8-13-9-14(17(22)21-6-4-5-7-21)19-20-15(13)16-18-12(3)10-23-16/h9,11-12H,4-8,10H2,1-3H3/t12-/m0/s1. The minimum Gasteiger partial charge on any atom is -0.474 e. The Labute approximate surface area is 137 Å². The van der Waals surface area contributed by atoms with Crippen molar-refractivity contribution in [3.05, 3.63) is 23.0 Å². The lowest BCUT2D eigenvalue weighted by molar-refractivity contribution is 0.0785. The highest BCUT2D eigenvalue weighted by Gasteiger charge is 2.25. The summed E-state index contributed by atoms with van der Waals surface area (Å²) in [7, 11) is 0. The molecule has 1 atom stereocenters. The summed E-state index contributed by atoms with van der Waals surface area (Å²) in [5.41, 5.74) is 2.10. The van der Waals surface area contributed by atoms with Crippen molar-refractivity contribution in [2.75, 3.05) is 19.7 Å². The second kappa shape index (κ2) is 6.64. The van der Waals surface area contributed by atoms with E-state index in [-0.39, 0.29) is 11.9 Å². The van der Waals surface area contributed by atoms with Gasteiger partial charge in [-0.1, -0.05) is 13.8 Å². The van der Waals surface area contributed by atoms with Crippen LogP contribution in [0.15, 0.2) is 11.1 Å². The predicted molar refractivity (Wildman–Crippen MR) is 87.7 cm³/mol. The van der Waals surface area contributed by atoms with E-state index in [1.54, 1.807) is 0 Å². The smallest absolute Gasteiger partial charge is 0.274 e. The highest BCUT2D eigenvalue weighted by atomic mass is 16.5. The van der Waals surface area contributed by atoms with Gasteiger partial charge in [-0.2, -0.15) is 0 Å². The Morgan fingerprint density at radius 2 is 2.09 bits per heavy atom. The molecule has 6 heteroatoms. The van der Waals surface area contributed by atoms with Crippen LogP contribution in [0.4, 0.5) is 0 Å². The molecule has 1 saturated heterocycles. The quantitative estimate of drug-likeness (QED) is 0.853. The van der Waals surface area contributed by atoms with E-state index in [2.05, 4.69) is 29.0 Å². The van der Waals surface area contributed by atoms with Crippen LogP contribution < -0.4 is 0 Å². The minimum atomic E-state index is -0.0193. The van der Waals surface area contributed by atoms with E-state index < -0.39 is 0 Å². The number of nitrogens with zero attached hydrogens (tertiary/aromatic N) is 4. The molecule has 0 aliphatic carbocycles. The summed E-state index contributed by atoms with van der Waals surface area (Å²) in [4.78, 5) is 18.9. The first-order valence-electron chi connectivity index (χ1n) is 8.41. The van der Waals surface area contributed by atoms with Gasteiger partial charge in [0.05, 0.1) is 6.04 Å². The molecule has 23 heavy (non-hydrogen) atoms. The van der Waals surface area contributed by atoms with Gasteiger partial charge < -0.3 is 9.64 Å². The van der Waals surface area contributed by atoms with Crippen LogP contribution in [0.3, 0.4) is 0 Å². The summed E-state index contributed by atoms with van der Waals surface area (Å²) >= 11 is 0. The topological polar surface area (TPSA) is 67.7 Å². The number of carbonyl (C=O) groups excluding carboxylic acids is 1. The number of aromatic nitrogens is 2. The molecule has 1 aromatic heterocycles. The van der Waals surface area contributed by atoms with Gasteiger partial charge in [0.2, 0.25) is 5.90 Å². The third kappa shape index (κ3) is 3.51. The Morgan fingerprint density at radius 1 is 1.35 bits per heavy atom. The average Bonchev–Trinajstić information content (AvgIpc) is 3.17. The first kappa shape index (κ1) is 15.9. The van der Waals surface area contributed by atoms with Gasteiger partial charge in [-0.05, 0) is 43.7 Å². The fourth-order valence-corrected chi connectivity index (χ4v) is 3.00. The molecular formula is C17H24N4O2. The van der Waals surface area contributed by atoms with Gasteiger partial charge in [-0.15, -0.1) is 10.2 Å². The van der Waals surface area contributed by atoms with Crippen LogP contribution in [0.25, 0.3) is 0 Å². The maximum absolute atomic E-state index is 12.5. The van der Waals surface area contributed by atoms with Crippen LogP contribution in [-0.2, 0) is 11.2 Å². The van der Waals surface area contributed by atoms with Crippen molar-refractivity contribution in [1.29, 1.82) is 0 Å². The lowest BCUT2D eigenvalue weighted by Gasteiger charge is -2.16. The molecule has 0 spiro atoms. The Kier molecular flexibility index (Phi) is 4.59. The molecule has 0 radical (unpaired) electrons. The molecule has 0 saturated carbocycles. The van der Waals surface area contributed by atoms with E-state index in [1.807, 2.05) is 17.9 Å². The fraction of sp³-hybridized carbons (Fsp3) is 0.647. The Bertz CT molecular complexity index is 621. The summed E-state index contributed by atoms with van der Waals surface area (Å²) in [6, 6.07) is 2.02. The van der Waals surface area contributed by atoms with Crippen molar-refractivity contribution in [3.63, 3.8) is 0 Å². The number of hydrogen-bond donors (Lipinski definition) is 0. The number of ether oxygens (including phenoxy) is 1. The van der Waals surface area contributed by atoms with Crippen molar-refractivity contribution < 1.29 is 9.53 Å². The zero-order valence-electron chi connectivity index (χ0n) is 14.1. The van der Waals surface area contributed by atoms with Crippen molar-refractivity contribution >= 4 is 11.8 Å². The van der Waals surface area contributed by atoms with E-state index in [0.29, 0.717) is 29.8 Å². The number of likely N-dealkylation sites (tertiary alicyclic amines) is 1. The number of aliphatic imine (C=N–C) groups is 1.